The predicted octanol–water partition coefficient (Wildman–Crippen LogP) is 5.69. The molecule has 0 N–H and O–H groups in total. The van der Waals surface area contributed by atoms with Crippen LogP contribution in [0.3, 0.4) is 0 Å². The Bertz CT molecular complexity index is 928. The quantitative estimate of drug-likeness (QED) is 0.624. The molecule has 148 valence electrons. The summed E-state index contributed by atoms with van der Waals surface area (Å²) in [4.78, 5) is 2.47. The first kappa shape index (κ1) is 18.4. The summed E-state index contributed by atoms with van der Waals surface area (Å²) in [5.41, 5.74) is 1.83. The van der Waals surface area contributed by atoms with Crippen molar-refractivity contribution in [1.82, 2.24) is 4.90 Å². The highest BCUT2D eigenvalue weighted by atomic mass is 35.5. The summed E-state index contributed by atoms with van der Waals surface area (Å²) >= 11 is 12.6. The van der Waals surface area contributed by atoms with Crippen LogP contribution in [0.1, 0.15) is 43.7 Å². The molecule has 2 aromatic rings. The van der Waals surface area contributed by atoms with Gasteiger partial charge in [-0.25, -0.2) is 0 Å². The number of ether oxygens (including phenoxy) is 3. The van der Waals surface area contributed by atoms with E-state index in [1.165, 1.54) is 12.8 Å². The number of likely N-dealkylation sites (tertiary alicyclic amines) is 1. The topological polar surface area (TPSA) is 30.9 Å². The van der Waals surface area contributed by atoms with E-state index in [-0.39, 0.29) is 18.6 Å². The van der Waals surface area contributed by atoms with Crippen molar-refractivity contribution >= 4 is 23.2 Å². The molecule has 6 heteroatoms. The Labute approximate surface area is 175 Å². The van der Waals surface area contributed by atoms with Crippen LogP contribution < -0.4 is 14.2 Å². The minimum atomic E-state index is -0.409. The third-order valence-corrected chi connectivity index (χ3v) is 7.28. The van der Waals surface area contributed by atoms with Crippen LogP contribution >= 0.6 is 23.2 Å². The number of benzene rings is 2. The van der Waals surface area contributed by atoms with Gasteiger partial charge in [-0.3, -0.25) is 4.90 Å². The average Bonchev–Trinajstić information content (AvgIpc) is 3.35. The zero-order chi connectivity index (χ0) is 19.5. The highest BCUT2D eigenvalue weighted by Gasteiger charge is 2.49. The second-order valence-electron chi connectivity index (χ2n) is 8.03. The first-order chi connectivity index (χ1) is 13.5. The van der Waals surface area contributed by atoms with Gasteiger partial charge in [0.1, 0.15) is 5.75 Å². The lowest BCUT2D eigenvalue weighted by Gasteiger charge is -2.50. The van der Waals surface area contributed by atoms with Crippen LogP contribution in [0.2, 0.25) is 10.0 Å². The minimum absolute atomic E-state index is 0.110. The number of halogens is 2. The molecule has 3 aliphatic heterocycles. The Morgan fingerprint density at radius 2 is 1.68 bits per heavy atom. The first-order valence-electron chi connectivity index (χ1n) is 9.80. The van der Waals surface area contributed by atoms with E-state index in [1.807, 2.05) is 18.2 Å². The van der Waals surface area contributed by atoms with Gasteiger partial charge in [0.2, 0.25) is 6.79 Å². The van der Waals surface area contributed by atoms with E-state index in [4.69, 9.17) is 37.4 Å². The van der Waals surface area contributed by atoms with Crippen molar-refractivity contribution in [3.63, 3.8) is 0 Å². The van der Waals surface area contributed by atoms with Gasteiger partial charge in [-0.2, -0.15) is 0 Å². The molecule has 0 radical (unpaired) electrons. The average molecular weight is 420 g/mol. The summed E-state index contributed by atoms with van der Waals surface area (Å²) < 4.78 is 17.9. The molecule has 0 aliphatic carbocycles. The van der Waals surface area contributed by atoms with Crippen LogP contribution in [-0.2, 0) is 0 Å². The molecule has 0 amide bonds. The molecule has 5 rings (SSSR count). The van der Waals surface area contributed by atoms with Gasteiger partial charge in [0.15, 0.2) is 17.2 Å². The van der Waals surface area contributed by atoms with Crippen molar-refractivity contribution in [3.05, 3.63) is 51.5 Å². The Hall–Kier alpha value is -1.62. The molecular formula is C22H23Cl2NO3. The lowest BCUT2D eigenvalue weighted by Crippen LogP contribution is -2.57. The van der Waals surface area contributed by atoms with Gasteiger partial charge in [-0.15, -0.1) is 0 Å². The van der Waals surface area contributed by atoms with Gasteiger partial charge in [-0.05, 0) is 43.5 Å². The van der Waals surface area contributed by atoms with Gasteiger partial charge < -0.3 is 14.2 Å². The Morgan fingerprint density at radius 1 is 0.964 bits per heavy atom. The summed E-state index contributed by atoms with van der Waals surface area (Å²) in [6.45, 7) is 6.82. The fourth-order valence-corrected chi connectivity index (χ4v) is 5.16. The van der Waals surface area contributed by atoms with E-state index in [9.17, 15) is 0 Å². The molecule has 1 fully saturated rings. The number of hydrogen-bond acceptors (Lipinski definition) is 4. The van der Waals surface area contributed by atoms with Gasteiger partial charge in [0.05, 0.1) is 10.0 Å². The van der Waals surface area contributed by atoms with Crippen molar-refractivity contribution in [3.8, 4) is 17.2 Å². The molecule has 0 bridgehead atoms. The largest absolute Gasteiger partial charge is 0.472 e. The molecular weight excluding hydrogens is 397 g/mol. The number of fused-ring (bicyclic) bond motifs is 2. The van der Waals surface area contributed by atoms with Crippen molar-refractivity contribution in [2.24, 2.45) is 5.92 Å². The molecule has 0 aromatic heterocycles. The van der Waals surface area contributed by atoms with Gasteiger partial charge >= 0.3 is 0 Å². The summed E-state index contributed by atoms with van der Waals surface area (Å²) in [5.74, 6) is 2.68. The third-order valence-electron chi connectivity index (χ3n) is 6.54. The van der Waals surface area contributed by atoms with E-state index in [1.54, 1.807) is 0 Å². The van der Waals surface area contributed by atoms with Crippen molar-refractivity contribution in [1.29, 1.82) is 0 Å². The maximum absolute atomic E-state index is 6.68. The second-order valence-corrected chi connectivity index (χ2v) is 8.85. The predicted molar refractivity (Wildman–Crippen MR) is 110 cm³/mol. The van der Waals surface area contributed by atoms with E-state index in [0.29, 0.717) is 10.0 Å². The van der Waals surface area contributed by atoms with E-state index in [2.05, 4.69) is 30.9 Å². The Kier molecular flexibility index (Phi) is 4.42. The summed E-state index contributed by atoms with van der Waals surface area (Å²) in [6, 6.07) is 9.96. The summed E-state index contributed by atoms with van der Waals surface area (Å²) in [5, 5.41) is 1.14. The first-order valence-corrected chi connectivity index (χ1v) is 10.6. The Morgan fingerprint density at radius 3 is 2.39 bits per heavy atom. The van der Waals surface area contributed by atoms with Gasteiger partial charge in [-0.1, -0.05) is 36.2 Å². The summed E-state index contributed by atoms with van der Waals surface area (Å²) in [7, 11) is 0. The zero-order valence-electron chi connectivity index (χ0n) is 16.0. The van der Waals surface area contributed by atoms with E-state index < -0.39 is 5.72 Å². The molecule has 28 heavy (non-hydrogen) atoms. The lowest BCUT2D eigenvalue weighted by molar-refractivity contribution is -0.114. The third kappa shape index (κ3) is 2.77. The summed E-state index contributed by atoms with van der Waals surface area (Å²) in [6.07, 6.45) is 2.41. The number of hydrogen-bond donors (Lipinski definition) is 0. The zero-order valence-corrected chi connectivity index (χ0v) is 17.5. The van der Waals surface area contributed by atoms with Crippen LogP contribution in [0.5, 0.6) is 17.2 Å². The number of nitrogens with zero attached hydrogens (tertiary/aromatic N) is 1. The van der Waals surface area contributed by atoms with Crippen LogP contribution in [0, 0.1) is 5.92 Å². The van der Waals surface area contributed by atoms with Crippen molar-refractivity contribution in [2.45, 2.75) is 38.3 Å². The van der Waals surface area contributed by atoms with Crippen LogP contribution in [0.25, 0.3) is 0 Å². The standard InChI is InChI=1S/C22H23Cl2NO3/c1-13-21(14-5-6-16(23)17(24)9-14)15-10-19-20(27-12-26-19)11-18(15)28-22(13,2)25-7-3-4-8-25/h5-6,9-11,13,21H,3-4,7-8,12H2,1-2H3/t13-,21+,22-/m1/s1. The molecule has 3 atom stereocenters. The number of rotatable bonds is 2. The maximum atomic E-state index is 6.68. The fraction of sp³-hybridized carbons (Fsp3) is 0.455. The monoisotopic (exact) mass is 419 g/mol. The Balaban J connectivity index is 1.67. The van der Waals surface area contributed by atoms with Crippen LogP contribution in [0.4, 0.5) is 0 Å². The second kappa shape index (κ2) is 6.72. The van der Waals surface area contributed by atoms with Gasteiger partial charge in [0.25, 0.3) is 0 Å². The molecule has 4 nitrogen and oxygen atoms in total. The minimum Gasteiger partial charge on any atom is -0.472 e. The van der Waals surface area contributed by atoms with Crippen LogP contribution in [0.15, 0.2) is 30.3 Å². The normalized spacial score (nSPS) is 28.9. The van der Waals surface area contributed by atoms with Crippen LogP contribution in [-0.4, -0.2) is 30.5 Å². The van der Waals surface area contributed by atoms with E-state index >= 15 is 0 Å². The molecule has 3 heterocycles. The lowest BCUT2D eigenvalue weighted by atomic mass is 9.74. The SMILES string of the molecule is C[C@@H]1[C@@H](c2ccc(Cl)c(Cl)c2)c2cc3c(cc2O[C@@]1(C)N1CCCC1)OCO3. The molecule has 2 aromatic carbocycles. The van der Waals surface area contributed by atoms with Crippen molar-refractivity contribution in [2.75, 3.05) is 19.9 Å². The van der Waals surface area contributed by atoms with E-state index in [0.717, 1.165) is 41.5 Å². The fourth-order valence-electron chi connectivity index (χ4n) is 4.85. The van der Waals surface area contributed by atoms with Crippen molar-refractivity contribution < 1.29 is 14.2 Å². The highest BCUT2D eigenvalue weighted by molar-refractivity contribution is 6.42. The molecule has 0 spiro atoms. The van der Waals surface area contributed by atoms with Gasteiger partial charge in [0, 0.05) is 36.6 Å². The molecule has 0 saturated carbocycles. The molecule has 3 aliphatic rings. The molecule has 0 unspecified atom stereocenters. The highest BCUT2D eigenvalue weighted by Crippen LogP contribution is 2.53. The smallest absolute Gasteiger partial charge is 0.231 e. The maximum Gasteiger partial charge on any atom is 0.231 e. The molecule has 1 saturated heterocycles.